The van der Waals surface area contributed by atoms with Gasteiger partial charge in [0.2, 0.25) is 5.91 Å². The quantitative estimate of drug-likeness (QED) is 0.749. The minimum absolute atomic E-state index is 0.139. The van der Waals surface area contributed by atoms with Crippen molar-refractivity contribution in [1.82, 2.24) is 10.6 Å². The lowest BCUT2D eigenvalue weighted by atomic mass is 10.1. The van der Waals surface area contributed by atoms with E-state index in [2.05, 4.69) is 17.6 Å². The molecule has 1 aromatic rings. The molecular weight excluding hydrogens is 252 g/mol. The molecule has 1 aliphatic rings. The smallest absolute Gasteiger partial charge is 0.221 e. The van der Waals surface area contributed by atoms with E-state index in [9.17, 15) is 4.79 Å². The van der Waals surface area contributed by atoms with Crippen molar-refractivity contribution in [2.24, 2.45) is 0 Å². The highest BCUT2D eigenvalue weighted by Gasteiger charge is 2.16. The highest BCUT2D eigenvalue weighted by molar-refractivity contribution is 5.76. The largest absolute Gasteiger partial charge is 0.494 e. The molecule has 4 heteroatoms. The molecule has 1 aromatic carbocycles. The third kappa shape index (κ3) is 5.21. The van der Waals surface area contributed by atoms with E-state index in [1.54, 1.807) is 0 Å². The Morgan fingerprint density at radius 2 is 2.20 bits per heavy atom. The summed E-state index contributed by atoms with van der Waals surface area (Å²) in [6, 6.07) is 8.38. The predicted octanol–water partition coefficient (Wildman–Crippen LogP) is 2.02. The molecule has 1 amide bonds. The van der Waals surface area contributed by atoms with E-state index in [1.807, 2.05) is 24.3 Å². The molecule has 1 saturated heterocycles. The van der Waals surface area contributed by atoms with Gasteiger partial charge in [-0.25, -0.2) is 0 Å². The van der Waals surface area contributed by atoms with Crippen molar-refractivity contribution < 1.29 is 9.53 Å². The first-order valence-electron chi connectivity index (χ1n) is 7.43. The maximum atomic E-state index is 11.7. The predicted molar refractivity (Wildman–Crippen MR) is 79.9 cm³/mol. The van der Waals surface area contributed by atoms with Gasteiger partial charge in [0, 0.05) is 19.0 Å². The van der Waals surface area contributed by atoms with E-state index < -0.39 is 0 Å². The van der Waals surface area contributed by atoms with Crippen molar-refractivity contribution in [1.29, 1.82) is 0 Å². The van der Waals surface area contributed by atoms with Crippen molar-refractivity contribution in [2.75, 3.05) is 19.7 Å². The van der Waals surface area contributed by atoms with Crippen LogP contribution in [0.3, 0.4) is 0 Å². The van der Waals surface area contributed by atoms with Crippen LogP contribution < -0.4 is 15.4 Å². The van der Waals surface area contributed by atoms with Crippen LogP contribution in [0.2, 0.25) is 0 Å². The first-order valence-corrected chi connectivity index (χ1v) is 7.43. The molecular formula is C16H24N2O2. The third-order valence-electron chi connectivity index (χ3n) is 3.53. The molecule has 0 bridgehead atoms. The van der Waals surface area contributed by atoms with Gasteiger partial charge in [0.25, 0.3) is 0 Å². The zero-order valence-electron chi connectivity index (χ0n) is 12.2. The molecule has 2 N–H and O–H groups in total. The lowest BCUT2D eigenvalue weighted by Gasteiger charge is -2.11. The monoisotopic (exact) mass is 276 g/mol. The standard InChI is InChI=1S/C16H24N2O2/c1-13-5-7-15(8-6-13)20-11-3-10-18-16(19)12-14-4-2-9-17-14/h5-8,14,17H,2-4,9-12H2,1H3,(H,18,19). The minimum atomic E-state index is 0.139. The van der Waals surface area contributed by atoms with Crippen molar-refractivity contribution >= 4 is 5.91 Å². The minimum Gasteiger partial charge on any atom is -0.494 e. The Balaban J connectivity index is 1.52. The van der Waals surface area contributed by atoms with Gasteiger partial charge in [-0.1, -0.05) is 17.7 Å². The second kappa shape index (κ2) is 7.90. The highest BCUT2D eigenvalue weighted by atomic mass is 16.5. The molecule has 0 aromatic heterocycles. The number of nitrogens with one attached hydrogen (secondary N) is 2. The second-order valence-corrected chi connectivity index (χ2v) is 5.36. The van der Waals surface area contributed by atoms with Gasteiger partial charge >= 0.3 is 0 Å². The maximum Gasteiger partial charge on any atom is 0.221 e. The average molecular weight is 276 g/mol. The molecule has 0 spiro atoms. The van der Waals surface area contributed by atoms with Gasteiger partial charge in [-0.2, -0.15) is 0 Å². The Labute approximate surface area is 120 Å². The van der Waals surface area contributed by atoms with E-state index in [0.29, 0.717) is 25.6 Å². The average Bonchev–Trinajstić information content (AvgIpc) is 2.93. The molecule has 1 aliphatic heterocycles. The number of amides is 1. The first-order chi connectivity index (χ1) is 9.74. The van der Waals surface area contributed by atoms with E-state index in [4.69, 9.17) is 4.74 Å². The summed E-state index contributed by atoms with van der Waals surface area (Å²) >= 11 is 0. The van der Waals surface area contributed by atoms with E-state index in [-0.39, 0.29) is 5.91 Å². The number of hydrogen-bond donors (Lipinski definition) is 2. The SMILES string of the molecule is Cc1ccc(OCCCNC(=O)CC2CCCN2)cc1. The number of benzene rings is 1. The number of rotatable bonds is 7. The van der Waals surface area contributed by atoms with Crippen molar-refractivity contribution in [3.05, 3.63) is 29.8 Å². The van der Waals surface area contributed by atoms with Gasteiger partial charge in [0.1, 0.15) is 5.75 Å². The molecule has 1 unspecified atom stereocenters. The first kappa shape index (κ1) is 14.9. The summed E-state index contributed by atoms with van der Waals surface area (Å²) in [6.45, 7) is 4.41. The Hall–Kier alpha value is -1.55. The van der Waals surface area contributed by atoms with Gasteiger partial charge in [0.15, 0.2) is 0 Å². The summed E-state index contributed by atoms with van der Waals surface area (Å²) in [6.07, 6.45) is 3.73. The summed E-state index contributed by atoms with van der Waals surface area (Å²) < 4.78 is 5.61. The summed E-state index contributed by atoms with van der Waals surface area (Å²) in [5.41, 5.74) is 1.23. The Morgan fingerprint density at radius 3 is 2.90 bits per heavy atom. The van der Waals surface area contributed by atoms with Crippen LogP contribution in [0.4, 0.5) is 0 Å². The fraction of sp³-hybridized carbons (Fsp3) is 0.562. The number of carbonyl (C=O) groups is 1. The molecule has 110 valence electrons. The van der Waals surface area contributed by atoms with Gasteiger partial charge < -0.3 is 15.4 Å². The molecule has 20 heavy (non-hydrogen) atoms. The molecule has 0 aliphatic carbocycles. The topological polar surface area (TPSA) is 50.4 Å². The fourth-order valence-electron chi connectivity index (χ4n) is 2.35. The highest BCUT2D eigenvalue weighted by Crippen LogP contribution is 2.11. The Bertz CT molecular complexity index is 411. The Kier molecular flexibility index (Phi) is 5.87. The van der Waals surface area contributed by atoms with Crippen LogP contribution in [0.5, 0.6) is 5.75 Å². The third-order valence-corrected chi connectivity index (χ3v) is 3.53. The Morgan fingerprint density at radius 1 is 1.40 bits per heavy atom. The molecule has 1 atom stereocenters. The van der Waals surface area contributed by atoms with Crippen molar-refractivity contribution in [3.63, 3.8) is 0 Å². The van der Waals surface area contributed by atoms with Crippen LogP contribution in [0, 0.1) is 6.92 Å². The zero-order chi connectivity index (χ0) is 14.2. The number of aryl methyl sites for hydroxylation is 1. The number of ether oxygens (including phenoxy) is 1. The van der Waals surface area contributed by atoms with Gasteiger partial charge in [-0.05, 0) is 44.9 Å². The van der Waals surface area contributed by atoms with Gasteiger partial charge in [-0.15, -0.1) is 0 Å². The molecule has 0 saturated carbocycles. The fourth-order valence-corrected chi connectivity index (χ4v) is 2.35. The van der Waals surface area contributed by atoms with E-state index >= 15 is 0 Å². The molecule has 1 fully saturated rings. The number of hydrogen-bond acceptors (Lipinski definition) is 3. The van der Waals surface area contributed by atoms with Crippen molar-refractivity contribution in [2.45, 2.75) is 38.6 Å². The zero-order valence-corrected chi connectivity index (χ0v) is 12.2. The molecule has 4 nitrogen and oxygen atoms in total. The van der Waals surface area contributed by atoms with Crippen LogP contribution in [0.25, 0.3) is 0 Å². The molecule has 2 rings (SSSR count). The summed E-state index contributed by atoms with van der Waals surface area (Å²) in [5.74, 6) is 1.02. The molecule has 1 heterocycles. The van der Waals surface area contributed by atoms with Crippen LogP contribution >= 0.6 is 0 Å². The van der Waals surface area contributed by atoms with Crippen LogP contribution in [-0.4, -0.2) is 31.6 Å². The lowest BCUT2D eigenvalue weighted by Crippen LogP contribution is -2.32. The second-order valence-electron chi connectivity index (χ2n) is 5.36. The van der Waals surface area contributed by atoms with E-state index in [0.717, 1.165) is 25.1 Å². The van der Waals surface area contributed by atoms with Gasteiger partial charge in [0.05, 0.1) is 6.61 Å². The summed E-state index contributed by atoms with van der Waals surface area (Å²) in [7, 11) is 0. The normalized spacial score (nSPS) is 17.9. The van der Waals surface area contributed by atoms with Crippen LogP contribution in [0.15, 0.2) is 24.3 Å². The molecule has 0 radical (unpaired) electrons. The summed E-state index contributed by atoms with van der Waals surface area (Å²) in [5, 5.41) is 6.28. The lowest BCUT2D eigenvalue weighted by molar-refractivity contribution is -0.121. The number of carbonyl (C=O) groups excluding carboxylic acids is 1. The summed E-state index contributed by atoms with van der Waals surface area (Å²) in [4.78, 5) is 11.7. The maximum absolute atomic E-state index is 11.7. The van der Waals surface area contributed by atoms with E-state index in [1.165, 1.54) is 12.0 Å². The van der Waals surface area contributed by atoms with Gasteiger partial charge in [-0.3, -0.25) is 4.79 Å². The van der Waals surface area contributed by atoms with Crippen LogP contribution in [-0.2, 0) is 4.79 Å². The van der Waals surface area contributed by atoms with Crippen LogP contribution in [0.1, 0.15) is 31.2 Å². The van der Waals surface area contributed by atoms with Crippen molar-refractivity contribution in [3.8, 4) is 5.75 Å².